The fourth-order valence-electron chi connectivity index (χ4n) is 5.97. The Morgan fingerprint density at radius 2 is 1.79 bits per heavy atom. The van der Waals surface area contributed by atoms with Gasteiger partial charge in [0.15, 0.2) is 0 Å². The molecule has 0 N–H and O–H groups in total. The number of hydrogen-bond acceptors (Lipinski definition) is 4. The quantitative estimate of drug-likeness (QED) is 0.397. The van der Waals surface area contributed by atoms with Crippen LogP contribution >= 0.6 is 15.9 Å². The van der Waals surface area contributed by atoms with E-state index in [-0.39, 0.29) is 17.2 Å². The Balaban J connectivity index is 1.15. The predicted octanol–water partition coefficient (Wildman–Crippen LogP) is 5.66. The molecule has 2 aromatic carbocycles. The number of aryl methyl sites for hydroxylation is 2. The highest BCUT2D eigenvalue weighted by Gasteiger charge is 2.58. The molecule has 6 nitrogen and oxygen atoms in total. The zero-order chi connectivity index (χ0) is 26.4. The minimum Gasteiger partial charge on any atom is -0.341 e. The molecule has 0 unspecified atom stereocenters. The number of aliphatic imine (C=N–C) groups is 1. The smallest absolute Gasteiger partial charge is 0.256 e. The van der Waals surface area contributed by atoms with Crippen molar-refractivity contribution >= 4 is 44.5 Å². The van der Waals surface area contributed by atoms with Crippen LogP contribution in [0.15, 0.2) is 51.9 Å². The van der Waals surface area contributed by atoms with Crippen LogP contribution in [-0.2, 0) is 9.59 Å². The maximum atomic E-state index is 13.4. The second-order valence-corrected chi connectivity index (χ2v) is 13.0. The van der Waals surface area contributed by atoms with E-state index in [4.69, 9.17) is 9.98 Å². The predicted molar refractivity (Wildman–Crippen MR) is 152 cm³/mol. The summed E-state index contributed by atoms with van der Waals surface area (Å²) in [5.74, 6) is 1.51. The van der Waals surface area contributed by atoms with Crippen LogP contribution in [-0.4, -0.2) is 57.6 Å². The van der Waals surface area contributed by atoms with Crippen molar-refractivity contribution < 1.29 is 9.59 Å². The highest BCUT2D eigenvalue weighted by Crippen LogP contribution is 2.48. The molecule has 3 heterocycles. The summed E-state index contributed by atoms with van der Waals surface area (Å²) >= 11 is 3.56. The van der Waals surface area contributed by atoms with Crippen molar-refractivity contribution in [1.82, 2.24) is 14.8 Å². The summed E-state index contributed by atoms with van der Waals surface area (Å²) in [6.45, 7) is 8.37. The lowest BCUT2D eigenvalue weighted by Crippen LogP contribution is -2.56. The van der Waals surface area contributed by atoms with Gasteiger partial charge in [-0.25, -0.2) is 4.98 Å². The number of carbonyl (C=O) groups is 2. The Morgan fingerprint density at radius 1 is 1.03 bits per heavy atom. The van der Waals surface area contributed by atoms with Gasteiger partial charge < -0.3 is 4.90 Å². The van der Waals surface area contributed by atoms with E-state index in [0.717, 1.165) is 82.4 Å². The standard InChI is InChI=1S/C31H31BrN4O2/c1-18-12-21(25-13-19(2)23-7-5-22(32)14-26(23)33-25)4-6-24(18)27-34-31(10-11-31)29(38)36(27)17-20-15-35(16-20)28(37)30(3)8-9-30/h4-7,12-14,20H,8-11,15-17H2,1-3H3. The molecule has 38 heavy (non-hydrogen) atoms. The topological polar surface area (TPSA) is 65.9 Å². The molecule has 7 rings (SSSR count). The molecule has 2 aliphatic heterocycles. The molecular formula is C31H31BrN4O2. The first kappa shape index (κ1) is 24.0. The van der Waals surface area contributed by atoms with Gasteiger partial charge in [0.1, 0.15) is 11.4 Å². The summed E-state index contributed by atoms with van der Waals surface area (Å²) in [6.07, 6.45) is 3.65. The molecule has 4 aliphatic rings. The summed E-state index contributed by atoms with van der Waals surface area (Å²) in [6, 6.07) is 14.7. The molecular weight excluding hydrogens is 540 g/mol. The minimum atomic E-state index is -0.550. The van der Waals surface area contributed by atoms with E-state index >= 15 is 0 Å². The molecule has 2 saturated carbocycles. The normalized spacial score (nSPS) is 21.2. The van der Waals surface area contributed by atoms with Crippen LogP contribution in [0.5, 0.6) is 0 Å². The van der Waals surface area contributed by atoms with Gasteiger partial charge in [-0.05, 0) is 74.9 Å². The second-order valence-electron chi connectivity index (χ2n) is 12.0. The third-order valence-electron chi connectivity index (χ3n) is 8.89. The molecule has 3 aromatic rings. The maximum absolute atomic E-state index is 13.4. The molecule has 0 bridgehead atoms. The number of amidine groups is 1. The first-order valence-corrected chi connectivity index (χ1v) is 14.3. The molecule has 0 radical (unpaired) electrons. The van der Waals surface area contributed by atoms with Crippen LogP contribution in [0, 0.1) is 25.2 Å². The number of amides is 2. The highest BCUT2D eigenvalue weighted by molar-refractivity contribution is 9.10. The van der Waals surface area contributed by atoms with Crippen LogP contribution in [0.4, 0.5) is 0 Å². The lowest BCUT2D eigenvalue weighted by atomic mass is 9.95. The van der Waals surface area contributed by atoms with Crippen molar-refractivity contribution in [2.75, 3.05) is 19.6 Å². The number of aromatic nitrogens is 1. The minimum absolute atomic E-state index is 0.132. The number of fused-ring (bicyclic) bond motifs is 1. The van der Waals surface area contributed by atoms with Crippen molar-refractivity contribution in [1.29, 1.82) is 0 Å². The van der Waals surface area contributed by atoms with Crippen molar-refractivity contribution in [2.24, 2.45) is 16.3 Å². The van der Waals surface area contributed by atoms with Crippen molar-refractivity contribution in [3.05, 3.63) is 63.6 Å². The highest BCUT2D eigenvalue weighted by atomic mass is 79.9. The second kappa shape index (κ2) is 8.22. The molecule has 3 fully saturated rings. The van der Waals surface area contributed by atoms with E-state index in [2.05, 4.69) is 73.1 Å². The van der Waals surface area contributed by atoms with E-state index < -0.39 is 5.54 Å². The lowest BCUT2D eigenvalue weighted by molar-refractivity contribution is -0.143. The molecule has 7 heteroatoms. The average molecular weight is 572 g/mol. The molecule has 1 aromatic heterocycles. The van der Waals surface area contributed by atoms with Gasteiger partial charge in [-0.15, -0.1) is 0 Å². The van der Waals surface area contributed by atoms with Gasteiger partial charge in [-0.2, -0.15) is 0 Å². The first-order valence-electron chi connectivity index (χ1n) is 13.6. The zero-order valence-electron chi connectivity index (χ0n) is 22.1. The van der Waals surface area contributed by atoms with Gasteiger partial charge >= 0.3 is 0 Å². The van der Waals surface area contributed by atoms with Crippen molar-refractivity contribution in [2.45, 2.75) is 52.0 Å². The first-order chi connectivity index (χ1) is 18.2. The molecule has 1 spiro atoms. The number of pyridine rings is 1. The summed E-state index contributed by atoms with van der Waals surface area (Å²) in [4.78, 5) is 39.9. The van der Waals surface area contributed by atoms with Gasteiger partial charge in [0, 0.05) is 52.0 Å². The fraction of sp³-hybridized carbons (Fsp3) is 0.419. The number of likely N-dealkylation sites (tertiary alicyclic amines) is 1. The largest absolute Gasteiger partial charge is 0.341 e. The van der Waals surface area contributed by atoms with Crippen LogP contribution in [0.1, 0.15) is 49.3 Å². The van der Waals surface area contributed by atoms with Gasteiger partial charge in [-0.1, -0.05) is 41.1 Å². The molecule has 194 valence electrons. The Kier molecular flexibility index (Phi) is 5.19. The fourth-order valence-corrected chi connectivity index (χ4v) is 6.32. The third kappa shape index (κ3) is 3.81. The maximum Gasteiger partial charge on any atom is 0.256 e. The Bertz CT molecular complexity index is 1560. The Hall–Kier alpha value is -3.06. The molecule has 2 aliphatic carbocycles. The third-order valence-corrected chi connectivity index (χ3v) is 9.38. The molecule has 1 saturated heterocycles. The number of nitrogens with zero attached hydrogens (tertiary/aromatic N) is 4. The molecule has 0 atom stereocenters. The zero-order valence-corrected chi connectivity index (χ0v) is 23.6. The Morgan fingerprint density at radius 3 is 2.47 bits per heavy atom. The number of carbonyl (C=O) groups excluding carboxylic acids is 2. The SMILES string of the molecule is Cc1cc(-c2cc(C)c3ccc(Br)cc3n2)ccc1C1=NC2(CC2)C(=O)N1CC1CN(C(=O)C2(C)CC2)C1. The van der Waals surface area contributed by atoms with E-state index in [1.165, 1.54) is 5.56 Å². The average Bonchev–Trinajstić information content (AvgIpc) is 3.78. The van der Waals surface area contributed by atoms with Crippen LogP contribution < -0.4 is 0 Å². The van der Waals surface area contributed by atoms with Crippen LogP contribution in [0.2, 0.25) is 0 Å². The van der Waals surface area contributed by atoms with E-state index in [1.807, 2.05) is 15.9 Å². The van der Waals surface area contributed by atoms with E-state index in [9.17, 15) is 9.59 Å². The van der Waals surface area contributed by atoms with Gasteiger partial charge in [0.05, 0.1) is 11.2 Å². The number of hydrogen-bond donors (Lipinski definition) is 0. The van der Waals surface area contributed by atoms with Gasteiger partial charge in [0.2, 0.25) is 5.91 Å². The summed E-state index contributed by atoms with van der Waals surface area (Å²) in [5.41, 5.74) is 5.55. The van der Waals surface area contributed by atoms with Crippen LogP contribution in [0.3, 0.4) is 0 Å². The van der Waals surface area contributed by atoms with E-state index in [1.54, 1.807) is 0 Å². The number of rotatable bonds is 5. The van der Waals surface area contributed by atoms with Crippen molar-refractivity contribution in [3.63, 3.8) is 0 Å². The van der Waals surface area contributed by atoms with Crippen LogP contribution in [0.25, 0.3) is 22.2 Å². The molecule has 2 amide bonds. The number of benzene rings is 2. The summed E-state index contributed by atoms with van der Waals surface area (Å²) in [7, 11) is 0. The Labute approximate surface area is 231 Å². The van der Waals surface area contributed by atoms with Crippen molar-refractivity contribution in [3.8, 4) is 11.3 Å². The van der Waals surface area contributed by atoms with E-state index in [0.29, 0.717) is 12.5 Å². The number of halogens is 1. The monoisotopic (exact) mass is 570 g/mol. The van der Waals surface area contributed by atoms with Gasteiger partial charge in [0.25, 0.3) is 5.91 Å². The summed E-state index contributed by atoms with van der Waals surface area (Å²) in [5, 5.41) is 1.15. The summed E-state index contributed by atoms with van der Waals surface area (Å²) < 4.78 is 1.01. The lowest BCUT2D eigenvalue weighted by Gasteiger charge is -2.42. The van der Waals surface area contributed by atoms with Gasteiger partial charge in [-0.3, -0.25) is 19.5 Å².